The third kappa shape index (κ3) is 2.79. The van der Waals surface area contributed by atoms with Gasteiger partial charge in [0.2, 0.25) is 11.6 Å². The number of hydrogen-bond donors (Lipinski definition) is 0. The molecule has 2 aromatic heterocycles. The topological polar surface area (TPSA) is 47.7 Å². The highest BCUT2D eigenvalue weighted by Gasteiger charge is 2.51. The van der Waals surface area contributed by atoms with E-state index in [1.807, 2.05) is 4.90 Å². The van der Waals surface area contributed by atoms with E-state index in [1.54, 1.807) is 18.2 Å². The van der Waals surface area contributed by atoms with Crippen LogP contribution in [0.1, 0.15) is 22.8 Å². The van der Waals surface area contributed by atoms with E-state index in [-0.39, 0.29) is 18.9 Å². The number of methoxy groups -OCH3 is 1. The maximum Gasteiger partial charge on any atom is 0.449 e. The van der Waals surface area contributed by atoms with Crippen LogP contribution in [0.3, 0.4) is 0 Å². The molecule has 1 aromatic carbocycles. The van der Waals surface area contributed by atoms with Gasteiger partial charge in [0.15, 0.2) is 0 Å². The summed E-state index contributed by atoms with van der Waals surface area (Å²) >= 11 is 0. The molecule has 3 aromatic rings. The van der Waals surface area contributed by atoms with Gasteiger partial charge in [0.1, 0.15) is 29.6 Å². The normalized spacial score (nSPS) is 19.7. The van der Waals surface area contributed by atoms with E-state index in [0.29, 0.717) is 35.1 Å². The predicted octanol–water partition coefficient (Wildman–Crippen LogP) is 4.54. The standard InChI is InChI=1S/C21H16F4N2O3/c1-28-18-7-5-16-19(26-18)20(11-29-16)10-27(15-4-2-12(22)8-14(15)20)9-13-3-6-17(30-13)21(23,24)25/h2-8H,9-11H2,1H3. The Morgan fingerprint density at radius 3 is 2.73 bits per heavy atom. The number of furan rings is 1. The lowest BCUT2D eigenvalue weighted by atomic mass is 9.80. The van der Waals surface area contributed by atoms with E-state index in [0.717, 1.165) is 6.07 Å². The lowest BCUT2D eigenvalue weighted by Gasteiger charge is -2.24. The largest absolute Gasteiger partial charge is 0.490 e. The van der Waals surface area contributed by atoms with Gasteiger partial charge < -0.3 is 18.8 Å². The summed E-state index contributed by atoms with van der Waals surface area (Å²) in [6.45, 7) is 0.679. The van der Waals surface area contributed by atoms with E-state index >= 15 is 0 Å². The number of anilines is 1. The number of halogens is 4. The molecule has 0 aliphatic carbocycles. The fourth-order valence-electron chi connectivity index (χ4n) is 4.20. The monoisotopic (exact) mass is 420 g/mol. The van der Waals surface area contributed by atoms with E-state index in [9.17, 15) is 17.6 Å². The van der Waals surface area contributed by atoms with Crippen LogP contribution in [-0.4, -0.2) is 25.2 Å². The number of ether oxygens (including phenoxy) is 2. The maximum absolute atomic E-state index is 14.2. The van der Waals surface area contributed by atoms with Gasteiger partial charge in [-0.25, -0.2) is 9.37 Å². The molecule has 5 rings (SSSR count). The van der Waals surface area contributed by atoms with Crippen molar-refractivity contribution in [1.82, 2.24) is 4.98 Å². The first kappa shape index (κ1) is 18.8. The molecule has 2 aliphatic rings. The molecule has 2 aliphatic heterocycles. The molecule has 1 atom stereocenters. The summed E-state index contributed by atoms with van der Waals surface area (Å²) in [5, 5.41) is 0. The molecular formula is C21H16F4N2O3. The molecule has 0 bridgehead atoms. The Labute approximate surface area is 168 Å². The molecule has 156 valence electrons. The third-order valence-electron chi connectivity index (χ3n) is 5.53. The summed E-state index contributed by atoms with van der Waals surface area (Å²) in [6, 6.07) is 10.0. The number of alkyl halides is 3. The van der Waals surface area contributed by atoms with Crippen molar-refractivity contribution >= 4 is 5.69 Å². The van der Waals surface area contributed by atoms with E-state index in [2.05, 4.69) is 4.98 Å². The van der Waals surface area contributed by atoms with Crippen molar-refractivity contribution in [3.8, 4) is 11.6 Å². The Hall–Kier alpha value is -3.23. The molecule has 9 heteroatoms. The minimum atomic E-state index is -4.55. The Balaban J connectivity index is 1.56. The number of rotatable bonds is 3. The molecular weight excluding hydrogens is 404 g/mol. The molecule has 0 radical (unpaired) electrons. The molecule has 0 saturated carbocycles. The van der Waals surface area contributed by atoms with Crippen LogP contribution in [0, 0.1) is 5.82 Å². The van der Waals surface area contributed by atoms with E-state index < -0.39 is 23.2 Å². The van der Waals surface area contributed by atoms with E-state index in [4.69, 9.17) is 13.9 Å². The number of pyridine rings is 1. The number of nitrogens with zero attached hydrogens (tertiary/aromatic N) is 2. The van der Waals surface area contributed by atoms with Crippen LogP contribution in [0.15, 0.2) is 46.9 Å². The number of hydrogen-bond acceptors (Lipinski definition) is 5. The lowest BCUT2D eigenvalue weighted by molar-refractivity contribution is -0.153. The molecule has 0 amide bonds. The molecule has 5 nitrogen and oxygen atoms in total. The first-order valence-corrected chi connectivity index (χ1v) is 9.19. The second kappa shape index (κ2) is 6.38. The van der Waals surface area contributed by atoms with Crippen LogP contribution in [0.2, 0.25) is 0 Å². The summed E-state index contributed by atoms with van der Waals surface area (Å²) < 4.78 is 68.9. The second-order valence-corrected chi connectivity index (χ2v) is 7.35. The second-order valence-electron chi connectivity index (χ2n) is 7.35. The molecule has 30 heavy (non-hydrogen) atoms. The summed E-state index contributed by atoms with van der Waals surface area (Å²) in [6.07, 6.45) is -4.55. The zero-order valence-electron chi connectivity index (χ0n) is 15.8. The van der Waals surface area contributed by atoms with Crippen molar-refractivity contribution in [2.45, 2.75) is 18.1 Å². The smallest absolute Gasteiger partial charge is 0.449 e. The van der Waals surface area contributed by atoms with Crippen LogP contribution < -0.4 is 14.4 Å². The SMILES string of the molecule is COc1ccc2c(n1)C1(CO2)CN(Cc2ccc(C(F)(F)F)o2)c2ccc(F)cc21. The van der Waals surface area contributed by atoms with Gasteiger partial charge in [-0.05, 0) is 42.0 Å². The van der Waals surface area contributed by atoms with Gasteiger partial charge in [0.05, 0.1) is 19.1 Å². The zero-order chi connectivity index (χ0) is 21.1. The molecule has 0 fully saturated rings. The van der Waals surface area contributed by atoms with Gasteiger partial charge >= 0.3 is 6.18 Å². The average Bonchev–Trinajstić information content (AvgIpc) is 3.40. The number of benzene rings is 1. The molecule has 0 saturated heterocycles. The Morgan fingerprint density at radius 1 is 1.17 bits per heavy atom. The van der Waals surface area contributed by atoms with Gasteiger partial charge in [-0.2, -0.15) is 13.2 Å². The quantitative estimate of drug-likeness (QED) is 0.583. The lowest BCUT2D eigenvalue weighted by Crippen LogP contribution is -2.36. The minimum absolute atomic E-state index is 0.0930. The van der Waals surface area contributed by atoms with Gasteiger partial charge in [0.25, 0.3) is 0 Å². The summed E-state index contributed by atoms with van der Waals surface area (Å²) in [7, 11) is 1.50. The Bertz CT molecular complexity index is 1130. The zero-order valence-corrected chi connectivity index (χ0v) is 15.8. The van der Waals surface area contributed by atoms with Crippen LogP contribution >= 0.6 is 0 Å². The average molecular weight is 420 g/mol. The highest BCUT2D eigenvalue weighted by Crippen LogP contribution is 2.51. The minimum Gasteiger partial charge on any atom is -0.490 e. The van der Waals surface area contributed by atoms with Crippen molar-refractivity contribution < 1.29 is 31.5 Å². The fraction of sp³-hybridized carbons (Fsp3) is 0.286. The summed E-state index contributed by atoms with van der Waals surface area (Å²) in [4.78, 5) is 6.40. The van der Waals surface area contributed by atoms with Gasteiger partial charge in [-0.3, -0.25) is 0 Å². The molecule has 0 N–H and O–H groups in total. The van der Waals surface area contributed by atoms with Crippen LogP contribution in [-0.2, 0) is 18.1 Å². The van der Waals surface area contributed by atoms with Crippen molar-refractivity contribution in [3.63, 3.8) is 0 Å². The molecule has 1 spiro atoms. The van der Waals surface area contributed by atoms with Gasteiger partial charge in [0, 0.05) is 18.3 Å². The van der Waals surface area contributed by atoms with Gasteiger partial charge in [-0.1, -0.05) is 0 Å². The fourth-order valence-corrected chi connectivity index (χ4v) is 4.20. The maximum atomic E-state index is 14.2. The molecule has 4 heterocycles. The number of aromatic nitrogens is 1. The van der Waals surface area contributed by atoms with Crippen molar-refractivity contribution in [1.29, 1.82) is 0 Å². The first-order chi connectivity index (χ1) is 14.3. The molecule has 1 unspecified atom stereocenters. The van der Waals surface area contributed by atoms with Crippen LogP contribution in [0.25, 0.3) is 0 Å². The Morgan fingerprint density at radius 2 is 2.00 bits per heavy atom. The van der Waals surface area contributed by atoms with Gasteiger partial charge in [-0.15, -0.1) is 0 Å². The van der Waals surface area contributed by atoms with Crippen molar-refractivity contribution in [2.75, 3.05) is 25.2 Å². The van der Waals surface area contributed by atoms with Crippen molar-refractivity contribution in [3.05, 3.63) is 71.1 Å². The van der Waals surface area contributed by atoms with Crippen LogP contribution in [0.5, 0.6) is 11.6 Å². The highest BCUT2D eigenvalue weighted by atomic mass is 19.4. The summed E-state index contributed by atoms with van der Waals surface area (Å²) in [5.74, 6) is -0.330. The first-order valence-electron chi connectivity index (χ1n) is 9.19. The van der Waals surface area contributed by atoms with Crippen molar-refractivity contribution in [2.24, 2.45) is 0 Å². The summed E-state index contributed by atoms with van der Waals surface area (Å²) in [5.41, 5.74) is 1.22. The van der Waals surface area contributed by atoms with Crippen LogP contribution in [0.4, 0.5) is 23.2 Å². The number of fused-ring (bicyclic) bond motifs is 4. The third-order valence-corrected chi connectivity index (χ3v) is 5.53. The predicted molar refractivity (Wildman–Crippen MR) is 98.2 cm³/mol. The van der Waals surface area contributed by atoms with E-state index in [1.165, 1.54) is 25.3 Å². The Kier molecular flexibility index (Phi) is 4.00. The highest BCUT2D eigenvalue weighted by molar-refractivity contribution is 5.68.